The van der Waals surface area contributed by atoms with E-state index in [1.165, 1.54) is 5.71 Å². The summed E-state index contributed by atoms with van der Waals surface area (Å²) in [6.45, 7) is 10.6. The smallest absolute Gasteiger partial charge is 0.0971 e. The van der Waals surface area contributed by atoms with Gasteiger partial charge < -0.3 is 4.48 Å². The van der Waals surface area contributed by atoms with Gasteiger partial charge in [-0.15, -0.1) is 0 Å². The number of hydrazone groups is 1. The van der Waals surface area contributed by atoms with Crippen molar-refractivity contribution in [1.82, 2.24) is 0 Å². The zero-order chi connectivity index (χ0) is 14.6. The number of rotatable bonds is 4. The Morgan fingerprint density at radius 2 is 2.05 bits per heavy atom. The van der Waals surface area contributed by atoms with Crippen LogP contribution in [0.4, 0.5) is 5.69 Å². The SMILES string of the molecule is C=CC[N+]1(C)CC(C)/C(=N\Nc2ccccc2)CC1C. The molecule has 3 unspecified atom stereocenters. The molecule has 3 heteroatoms. The van der Waals surface area contributed by atoms with Gasteiger partial charge in [-0.2, -0.15) is 5.10 Å². The minimum atomic E-state index is 0.507. The summed E-state index contributed by atoms with van der Waals surface area (Å²) in [6.07, 6.45) is 3.08. The molecule has 108 valence electrons. The fourth-order valence-electron chi connectivity index (χ4n) is 2.99. The van der Waals surface area contributed by atoms with E-state index in [1.807, 2.05) is 36.4 Å². The van der Waals surface area contributed by atoms with Gasteiger partial charge in [-0.3, -0.25) is 5.43 Å². The first-order valence-electron chi connectivity index (χ1n) is 7.38. The number of benzene rings is 1. The number of para-hydroxylation sites is 1. The first-order chi connectivity index (χ1) is 9.55. The number of nitrogens with one attached hydrogen (secondary N) is 1. The molecule has 1 heterocycles. The van der Waals surface area contributed by atoms with E-state index in [2.05, 4.69) is 38.0 Å². The molecule has 1 aromatic carbocycles. The number of piperidine rings is 1. The van der Waals surface area contributed by atoms with Gasteiger partial charge in [0.2, 0.25) is 0 Å². The van der Waals surface area contributed by atoms with Crippen LogP contribution in [0.3, 0.4) is 0 Å². The van der Waals surface area contributed by atoms with Crippen molar-refractivity contribution in [2.75, 3.05) is 25.6 Å². The molecule has 1 N–H and O–H groups in total. The molecule has 1 aromatic rings. The molecule has 0 saturated carbocycles. The van der Waals surface area contributed by atoms with Gasteiger partial charge in [0.25, 0.3) is 0 Å². The number of hydrogen-bond acceptors (Lipinski definition) is 2. The maximum absolute atomic E-state index is 4.64. The van der Waals surface area contributed by atoms with E-state index in [9.17, 15) is 0 Å². The van der Waals surface area contributed by atoms with E-state index in [0.717, 1.165) is 29.7 Å². The Hall–Kier alpha value is -1.61. The van der Waals surface area contributed by atoms with E-state index in [1.54, 1.807) is 0 Å². The van der Waals surface area contributed by atoms with Crippen LogP contribution in [0.5, 0.6) is 0 Å². The third-order valence-corrected chi connectivity index (χ3v) is 4.48. The summed E-state index contributed by atoms with van der Waals surface area (Å²) < 4.78 is 1.06. The van der Waals surface area contributed by atoms with E-state index in [0.29, 0.717) is 12.0 Å². The number of quaternary nitrogens is 1. The second-order valence-corrected chi connectivity index (χ2v) is 6.17. The molecule has 3 atom stereocenters. The highest BCUT2D eigenvalue weighted by molar-refractivity contribution is 5.88. The lowest BCUT2D eigenvalue weighted by Crippen LogP contribution is -2.58. The minimum Gasteiger partial charge on any atom is -0.320 e. The number of anilines is 1. The van der Waals surface area contributed by atoms with Gasteiger partial charge in [0.15, 0.2) is 0 Å². The Morgan fingerprint density at radius 3 is 2.70 bits per heavy atom. The van der Waals surface area contributed by atoms with Crippen molar-refractivity contribution in [3.05, 3.63) is 43.0 Å². The molecule has 0 spiro atoms. The van der Waals surface area contributed by atoms with Crippen LogP contribution < -0.4 is 5.43 Å². The van der Waals surface area contributed by atoms with Crippen LogP contribution in [0.15, 0.2) is 48.1 Å². The summed E-state index contributed by atoms with van der Waals surface area (Å²) in [5.74, 6) is 0.507. The Labute approximate surface area is 122 Å². The third-order valence-electron chi connectivity index (χ3n) is 4.48. The Bertz CT molecular complexity index is 480. The average Bonchev–Trinajstić information content (AvgIpc) is 2.43. The maximum atomic E-state index is 4.64. The van der Waals surface area contributed by atoms with Crippen LogP contribution in [0.2, 0.25) is 0 Å². The molecule has 0 aliphatic carbocycles. The molecule has 20 heavy (non-hydrogen) atoms. The highest BCUT2D eigenvalue weighted by Gasteiger charge is 2.38. The van der Waals surface area contributed by atoms with Crippen LogP contribution in [0.25, 0.3) is 0 Å². The first kappa shape index (κ1) is 14.8. The number of nitrogens with zero attached hydrogens (tertiary/aromatic N) is 2. The molecule has 3 nitrogen and oxygen atoms in total. The van der Waals surface area contributed by atoms with Crippen molar-refractivity contribution in [2.24, 2.45) is 11.0 Å². The molecule has 2 rings (SSSR count). The summed E-state index contributed by atoms with van der Waals surface area (Å²) in [6, 6.07) is 10.7. The average molecular weight is 272 g/mol. The lowest BCUT2D eigenvalue weighted by Gasteiger charge is -2.45. The summed E-state index contributed by atoms with van der Waals surface area (Å²) in [5, 5.41) is 4.64. The second-order valence-electron chi connectivity index (χ2n) is 6.17. The fourth-order valence-corrected chi connectivity index (χ4v) is 2.99. The van der Waals surface area contributed by atoms with Gasteiger partial charge in [0.1, 0.15) is 0 Å². The maximum Gasteiger partial charge on any atom is 0.0971 e. The van der Waals surface area contributed by atoms with Crippen molar-refractivity contribution in [3.8, 4) is 0 Å². The molecular weight excluding hydrogens is 246 g/mol. The van der Waals surface area contributed by atoms with Crippen molar-refractivity contribution < 1.29 is 4.48 Å². The molecule has 1 aliphatic heterocycles. The van der Waals surface area contributed by atoms with E-state index < -0.39 is 0 Å². The summed E-state index contributed by atoms with van der Waals surface area (Å²) in [4.78, 5) is 0. The predicted octanol–water partition coefficient (Wildman–Crippen LogP) is 3.52. The van der Waals surface area contributed by atoms with Gasteiger partial charge in [-0.05, 0) is 25.1 Å². The van der Waals surface area contributed by atoms with Crippen LogP contribution in [-0.2, 0) is 0 Å². The number of likely N-dealkylation sites (N-methyl/N-ethyl adjacent to an activating group) is 1. The topological polar surface area (TPSA) is 24.4 Å². The standard InChI is InChI=1S/C17H26N3/c1-5-11-20(4)13-14(2)17(12-15(20)3)19-18-16-9-7-6-8-10-16/h5-10,14-15,18H,1,11-13H2,2-4H3/q+1/b19-17-. The van der Waals surface area contributed by atoms with Gasteiger partial charge in [-0.25, -0.2) is 0 Å². The third kappa shape index (κ3) is 3.28. The van der Waals surface area contributed by atoms with Crippen LogP contribution in [0.1, 0.15) is 20.3 Å². The molecular formula is C17H26N3+. The van der Waals surface area contributed by atoms with Crippen LogP contribution >= 0.6 is 0 Å². The Balaban J connectivity index is 2.06. The Morgan fingerprint density at radius 1 is 1.35 bits per heavy atom. The highest BCUT2D eigenvalue weighted by atomic mass is 15.4. The van der Waals surface area contributed by atoms with Crippen LogP contribution in [-0.4, -0.2) is 36.4 Å². The summed E-state index contributed by atoms with van der Waals surface area (Å²) >= 11 is 0. The molecule has 0 radical (unpaired) electrons. The number of likely N-dealkylation sites (tertiary alicyclic amines) is 1. The van der Waals surface area contributed by atoms with E-state index in [-0.39, 0.29) is 0 Å². The van der Waals surface area contributed by atoms with Crippen molar-refractivity contribution in [1.29, 1.82) is 0 Å². The van der Waals surface area contributed by atoms with Gasteiger partial charge >= 0.3 is 0 Å². The van der Waals surface area contributed by atoms with Crippen molar-refractivity contribution in [2.45, 2.75) is 26.3 Å². The van der Waals surface area contributed by atoms with Gasteiger partial charge in [0, 0.05) is 12.3 Å². The summed E-state index contributed by atoms with van der Waals surface area (Å²) in [5.41, 5.74) is 5.51. The van der Waals surface area contributed by atoms with E-state index >= 15 is 0 Å². The largest absolute Gasteiger partial charge is 0.320 e. The second kappa shape index (κ2) is 6.23. The fraction of sp³-hybridized carbons (Fsp3) is 0.471. The lowest BCUT2D eigenvalue weighted by atomic mass is 9.90. The van der Waals surface area contributed by atoms with Crippen molar-refractivity contribution >= 4 is 11.4 Å². The zero-order valence-corrected chi connectivity index (χ0v) is 12.8. The highest BCUT2D eigenvalue weighted by Crippen LogP contribution is 2.26. The summed E-state index contributed by atoms with van der Waals surface area (Å²) in [7, 11) is 2.32. The molecule has 0 amide bonds. The normalized spacial score (nSPS) is 32.0. The lowest BCUT2D eigenvalue weighted by molar-refractivity contribution is -0.930. The molecule has 0 bridgehead atoms. The monoisotopic (exact) mass is 272 g/mol. The van der Waals surface area contributed by atoms with Gasteiger partial charge in [0.05, 0.1) is 37.6 Å². The number of hydrogen-bond donors (Lipinski definition) is 1. The predicted molar refractivity (Wildman–Crippen MR) is 86.9 cm³/mol. The minimum absolute atomic E-state index is 0.507. The molecule has 0 aromatic heterocycles. The van der Waals surface area contributed by atoms with Crippen molar-refractivity contribution in [3.63, 3.8) is 0 Å². The molecule has 1 aliphatic rings. The van der Waals surface area contributed by atoms with E-state index in [4.69, 9.17) is 0 Å². The first-order valence-corrected chi connectivity index (χ1v) is 7.38. The van der Waals surface area contributed by atoms with Gasteiger partial charge in [-0.1, -0.05) is 31.7 Å². The zero-order valence-electron chi connectivity index (χ0n) is 12.8. The van der Waals surface area contributed by atoms with Crippen LogP contribution in [0, 0.1) is 5.92 Å². The molecule has 1 fully saturated rings. The Kier molecular flexibility index (Phi) is 4.61. The molecule has 1 saturated heterocycles. The quantitative estimate of drug-likeness (QED) is 0.506.